The zero-order valence-electron chi connectivity index (χ0n) is 3.59. The lowest BCUT2D eigenvalue weighted by molar-refractivity contribution is 0.544. The summed E-state index contributed by atoms with van der Waals surface area (Å²) in [6, 6.07) is 0. The van der Waals surface area contributed by atoms with E-state index in [1.165, 1.54) is 17.4 Å². The molecule has 0 atom stereocenters. The molecule has 34 valence electrons. The van der Waals surface area contributed by atoms with Crippen LogP contribution in [-0.4, -0.2) is 5.01 Å². The molecule has 0 saturated heterocycles. The zero-order chi connectivity index (χ0) is 4.99. The smallest absolute Gasteiger partial charge is 0.0134 e. The van der Waals surface area contributed by atoms with E-state index in [0.29, 0.717) is 0 Å². The maximum Gasteiger partial charge on any atom is 0.0134 e. The van der Waals surface area contributed by atoms with Crippen molar-refractivity contribution in [3.05, 3.63) is 25.6 Å². The normalized spacial score (nSPS) is 6.83. The van der Waals surface area contributed by atoms with Gasteiger partial charge in [-0.1, -0.05) is 13.2 Å². The van der Waals surface area contributed by atoms with Crippen LogP contribution in [0.2, 0.25) is 0 Å². The van der Waals surface area contributed by atoms with Crippen LogP contribution in [0, 0.1) is 0 Å². The molecule has 0 amide bonds. The fourth-order valence-corrected chi connectivity index (χ4v) is 0.0745. The van der Waals surface area contributed by atoms with Crippen molar-refractivity contribution in [2.45, 2.75) is 0 Å². The number of nitrogens with zero attached hydrogens (tertiary/aromatic N) is 1. The highest BCUT2D eigenvalue weighted by Gasteiger charge is 1.68. The lowest BCUT2D eigenvalue weighted by Gasteiger charge is -2.00. The van der Waals surface area contributed by atoms with E-state index < -0.39 is 0 Å². The Labute approximate surface area is 37.5 Å². The van der Waals surface area contributed by atoms with Gasteiger partial charge in [0.15, 0.2) is 0 Å². The molecule has 0 saturated carbocycles. The number of rotatable bonds is 2. The predicted octanol–water partition coefficient (Wildman–Crippen LogP) is 0.449. The fourth-order valence-electron chi connectivity index (χ4n) is 0.0745. The van der Waals surface area contributed by atoms with Crippen LogP contribution >= 0.6 is 0 Å². The topological polar surface area (TPSA) is 29.3 Å². The van der Waals surface area contributed by atoms with Gasteiger partial charge in [0.05, 0.1) is 0 Å². The van der Waals surface area contributed by atoms with Crippen LogP contribution in [0.4, 0.5) is 0 Å². The Morgan fingerprint density at radius 1 is 1.33 bits per heavy atom. The SMILES string of the molecule is C=CN(N)C=C. The molecule has 0 aromatic rings. The van der Waals surface area contributed by atoms with Gasteiger partial charge in [0.2, 0.25) is 0 Å². The third-order valence-electron chi connectivity index (χ3n) is 0.422. The summed E-state index contributed by atoms with van der Waals surface area (Å²) in [5.41, 5.74) is 0. The lowest BCUT2D eigenvalue weighted by atomic mass is 10.9. The molecule has 0 aliphatic rings. The largest absolute Gasteiger partial charge is 0.295 e. The molecule has 0 aliphatic heterocycles. The minimum Gasteiger partial charge on any atom is -0.295 e. The summed E-state index contributed by atoms with van der Waals surface area (Å²) in [5, 5.41) is 1.28. The summed E-state index contributed by atoms with van der Waals surface area (Å²) in [6.07, 6.45) is 2.93. The molecule has 2 nitrogen and oxygen atoms in total. The van der Waals surface area contributed by atoms with E-state index in [-0.39, 0.29) is 0 Å². The Morgan fingerprint density at radius 2 is 1.67 bits per heavy atom. The summed E-state index contributed by atoms with van der Waals surface area (Å²) in [5.74, 6) is 5.07. The predicted molar refractivity (Wildman–Crippen MR) is 26.4 cm³/mol. The molecule has 0 heterocycles. The molecule has 2 heteroatoms. The molecule has 0 spiro atoms. The first-order chi connectivity index (χ1) is 2.81. The minimum atomic E-state index is 1.28. The first kappa shape index (κ1) is 5.24. The molecule has 0 rings (SSSR count). The second-order valence-corrected chi connectivity index (χ2v) is 0.812. The third kappa shape index (κ3) is 1.55. The number of hydrazine groups is 1. The van der Waals surface area contributed by atoms with Gasteiger partial charge in [0.1, 0.15) is 0 Å². The van der Waals surface area contributed by atoms with E-state index >= 15 is 0 Å². The first-order valence-electron chi connectivity index (χ1n) is 1.59. The molecule has 6 heavy (non-hydrogen) atoms. The van der Waals surface area contributed by atoms with Crippen molar-refractivity contribution in [1.29, 1.82) is 0 Å². The van der Waals surface area contributed by atoms with Crippen LogP contribution < -0.4 is 5.84 Å². The van der Waals surface area contributed by atoms with Gasteiger partial charge in [0.25, 0.3) is 0 Å². The number of hydrogen-bond acceptors (Lipinski definition) is 2. The Kier molecular flexibility index (Phi) is 2.16. The average molecular weight is 84.1 g/mol. The molecular formula is C4H8N2. The zero-order valence-corrected chi connectivity index (χ0v) is 3.59. The second kappa shape index (κ2) is 2.48. The summed E-state index contributed by atoms with van der Waals surface area (Å²) in [4.78, 5) is 0. The van der Waals surface area contributed by atoms with Crippen LogP contribution in [0.3, 0.4) is 0 Å². The molecule has 0 bridgehead atoms. The number of nitrogens with two attached hydrogens (primary N) is 1. The van der Waals surface area contributed by atoms with Gasteiger partial charge in [-0.3, -0.25) is 5.01 Å². The van der Waals surface area contributed by atoms with Gasteiger partial charge < -0.3 is 0 Å². The highest BCUT2D eigenvalue weighted by molar-refractivity contribution is 4.73. The molecule has 0 aromatic carbocycles. The van der Waals surface area contributed by atoms with E-state index in [0.717, 1.165) is 0 Å². The molecule has 2 N–H and O–H groups in total. The fraction of sp³-hybridized carbons (Fsp3) is 0. The molecule has 0 aliphatic carbocycles. The highest BCUT2D eigenvalue weighted by Crippen LogP contribution is 1.70. The maximum atomic E-state index is 5.07. The Bertz CT molecular complexity index is 50.6. The Morgan fingerprint density at radius 3 is 1.67 bits per heavy atom. The Balaban J connectivity index is 3.21. The molecule has 0 radical (unpaired) electrons. The van der Waals surface area contributed by atoms with Crippen molar-refractivity contribution in [2.75, 3.05) is 0 Å². The van der Waals surface area contributed by atoms with Gasteiger partial charge in [0, 0.05) is 12.4 Å². The number of hydrogen-bond donors (Lipinski definition) is 1. The summed E-state index contributed by atoms with van der Waals surface area (Å²) in [6.45, 7) is 6.72. The maximum absolute atomic E-state index is 5.07. The van der Waals surface area contributed by atoms with Crippen LogP contribution in [0.1, 0.15) is 0 Å². The third-order valence-corrected chi connectivity index (χ3v) is 0.422. The van der Waals surface area contributed by atoms with Crippen molar-refractivity contribution < 1.29 is 0 Å². The van der Waals surface area contributed by atoms with Gasteiger partial charge in [-0.05, 0) is 0 Å². The van der Waals surface area contributed by atoms with E-state index in [4.69, 9.17) is 5.84 Å². The van der Waals surface area contributed by atoms with Crippen molar-refractivity contribution in [3.8, 4) is 0 Å². The van der Waals surface area contributed by atoms with E-state index in [2.05, 4.69) is 13.2 Å². The first-order valence-corrected chi connectivity index (χ1v) is 1.59. The quantitative estimate of drug-likeness (QED) is 0.389. The second-order valence-electron chi connectivity index (χ2n) is 0.812. The Hall–Kier alpha value is -0.760. The standard InChI is InChI=1S/C4H8N2/c1-3-6(5)4-2/h3-4H,1-2,5H2. The van der Waals surface area contributed by atoms with Gasteiger partial charge >= 0.3 is 0 Å². The molecular weight excluding hydrogens is 76.1 g/mol. The van der Waals surface area contributed by atoms with Crippen LogP contribution in [0.25, 0.3) is 0 Å². The monoisotopic (exact) mass is 84.1 g/mol. The lowest BCUT2D eigenvalue weighted by Crippen LogP contribution is -2.15. The van der Waals surface area contributed by atoms with Gasteiger partial charge in [-0.2, -0.15) is 0 Å². The van der Waals surface area contributed by atoms with Crippen molar-refractivity contribution >= 4 is 0 Å². The highest BCUT2D eigenvalue weighted by atomic mass is 15.4. The molecule has 0 fully saturated rings. The molecule has 0 unspecified atom stereocenters. The van der Waals surface area contributed by atoms with Crippen molar-refractivity contribution in [2.24, 2.45) is 5.84 Å². The van der Waals surface area contributed by atoms with Crippen LogP contribution in [0.5, 0.6) is 0 Å². The summed E-state index contributed by atoms with van der Waals surface area (Å²) < 4.78 is 0. The van der Waals surface area contributed by atoms with Gasteiger partial charge in [-0.15, -0.1) is 0 Å². The molecule has 0 aromatic heterocycles. The summed E-state index contributed by atoms with van der Waals surface area (Å²) >= 11 is 0. The van der Waals surface area contributed by atoms with Crippen LogP contribution in [0.15, 0.2) is 25.6 Å². The summed E-state index contributed by atoms with van der Waals surface area (Å²) in [7, 11) is 0. The van der Waals surface area contributed by atoms with E-state index in [1.807, 2.05) is 0 Å². The van der Waals surface area contributed by atoms with Crippen LogP contribution in [-0.2, 0) is 0 Å². The van der Waals surface area contributed by atoms with E-state index in [9.17, 15) is 0 Å². The van der Waals surface area contributed by atoms with Gasteiger partial charge in [-0.25, -0.2) is 5.84 Å². The minimum absolute atomic E-state index is 1.28. The van der Waals surface area contributed by atoms with Crippen molar-refractivity contribution in [3.63, 3.8) is 0 Å². The van der Waals surface area contributed by atoms with Crippen molar-refractivity contribution in [1.82, 2.24) is 5.01 Å². The average Bonchev–Trinajstić information content (AvgIpc) is 1.65. The van der Waals surface area contributed by atoms with E-state index in [1.54, 1.807) is 0 Å².